The lowest BCUT2D eigenvalue weighted by atomic mass is 9.71. The van der Waals surface area contributed by atoms with Gasteiger partial charge < -0.3 is 15.0 Å². The molecule has 6 nitrogen and oxygen atoms in total. The van der Waals surface area contributed by atoms with Gasteiger partial charge in [0.05, 0.1) is 18.2 Å². The van der Waals surface area contributed by atoms with E-state index in [-0.39, 0.29) is 13.0 Å². The van der Waals surface area contributed by atoms with Crippen molar-refractivity contribution in [2.75, 3.05) is 6.54 Å². The van der Waals surface area contributed by atoms with Crippen molar-refractivity contribution in [3.63, 3.8) is 0 Å². The zero-order valence-electron chi connectivity index (χ0n) is 19.4. The molecule has 1 aliphatic heterocycles. The minimum Gasteiger partial charge on any atom is -0.444 e. The van der Waals surface area contributed by atoms with Crippen molar-refractivity contribution in [2.45, 2.75) is 88.3 Å². The molecule has 1 saturated carbocycles. The van der Waals surface area contributed by atoms with Crippen molar-refractivity contribution in [1.29, 1.82) is 5.26 Å². The van der Waals surface area contributed by atoms with E-state index in [0.29, 0.717) is 31.2 Å². The Bertz CT molecular complexity index is 944. The van der Waals surface area contributed by atoms with Gasteiger partial charge in [-0.05, 0) is 51.3 Å². The van der Waals surface area contributed by atoms with E-state index < -0.39 is 53.0 Å². The van der Waals surface area contributed by atoms with Gasteiger partial charge in [0.2, 0.25) is 5.91 Å². The van der Waals surface area contributed by atoms with Gasteiger partial charge in [-0.1, -0.05) is 25.0 Å². The first-order valence-corrected chi connectivity index (χ1v) is 11.3. The summed E-state index contributed by atoms with van der Waals surface area (Å²) in [5, 5.41) is 12.1. The number of nitriles is 1. The molecule has 2 amide bonds. The molecule has 0 bridgehead atoms. The molecular formula is C24H29F4N3O3. The van der Waals surface area contributed by atoms with Crippen LogP contribution in [0.15, 0.2) is 24.3 Å². The van der Waals surface area contributed by atoms with Crippen LogP contribution in [0.25, 0.3) is 0 Å². The van der Waals surface area contributed by atoms with E-state index in [1.165, 1.54) is 12.1 Å². The molecule has 1 aliphatic carbocycles. The largest absolute Gasteiger partial charge is 0.444 e. The van der Waals surface area contributed by atoms with E-state index in [0.717, 1.165) is 17.0 Å². The summed E-state index contributed by atoms with van der Waals surface area (Å²) in [6, 6.07) is 4.28. The van der Waals surface area contributed by atoms with Crippen molar-refractivity contribution in [3.8, 4) is 6.07 Å². The van der Waals surface area contributed by atoms with Gasteiger partial charge >= 0.3 is 12.3 Å². The summed E-state index contributed by atoms with van der Waals surface area (Å²) in [4.78, 5) is 27.6. The standard InChI is InChI=1S/C24H29F4N3O3/c1-22(2,3)34-21(33)30-19(20(32)31-14-17(25)12-18(31)13-29)23(10-4-5-11-23)15-6-8-16(9-7-15)24(26,27)28/h6-9,17-19H,4-5,10-12,14H2,1-3H3,(H,30,33)/t17?,18?,19-/m1/s1. The molecule has 1 aromatic rings. The van der Waals surface area contributed by atoms with Gasteiger partial charge in [0, 0.05) is 11.8 Å². The number of amides is 2. The molecule has 186 valence electrons. The van der Waals surface area contributed by atoms with E-state index in [2.05, 4.69) is 5.32 Å². The van der Waals surface area contributed by atoms with E-state index in [1.807, 2.05) is 6.07 Å². The summed E-state index contributed by atoms with van der Waals surface area (Å²) in [6.07, 6.45) is -4.66. The number of carbonyl (C=O) groups is 2. The number of alkyl carbamates (subject to hydrolysis) is 1. The van der Waals surface area contributed by atoms with Gasteiger partial charge in [-0.2, -0.15) is 18.4 Å². The van der Waals surface area contributed by atoms with Crippen LogP contribution in [0.3, 0.4) is 0 Å². The van der Waals surface area contributed by atoms with Crippen LogP contribution in [-0.2, 0) is 21.1 Å². The number of hydrogen-bond donors (Lipinski definition) is 1. The summed E-state index contributed by atoms with van der Waals surface area (Å²) in [5.74, 6) is -0.639. The van der Waals surface area contributed by atoms with Crippen LogP contribution in [0, 0.1) is 11.3 Å². The van der Waals surface area contributed by atoms with Crippen LogP contribution >= 0.6 is 0 Å². The molecule has 2 aliphatic rings. The number of carbonyl (C=O) groups excluding carboxylic acids is 2. The average molecular weight is 484 g/mol. The lowest BCUT2D eigenvalue weighted by molar-refractivity contribution is -0.138. The maximum atomic E-state index is 14.1. The highest BCUT2D eigenvalue weighted by Crippen LogP contribution is 2.45. The highest BCUT2D eigenvalue weighted by atomic mass is 19.4. The predicted octanol–water partition coefficient (Wildman–Crippen LogP) is 4.87. The van der Waals surface area contributed by atoms with Crippen LogP contribution < -0.4 is 5.32 Å². The van der Waals surface area contributed by atoms with E-state index in [4.69, 9.17) is 4.74 Å². The monoisotopic (exact) mass is 483 g/mol. The Morgan fingerprint density at radius 2 is 1.76 bits per heavy atom. The number of ether oxygens (including phenoxy) is 1. The molecule has 1 aromatic carbocycles. The van der Waals surface area contributed by atoms with Gasteiger partial charge in [-0.25, -0.2) is 9.18 Å². The highest BCUT2D eigenvalue weighted by Gasteiger charge is 2.51. The number of rotatable bonds is 4. The Kier molecular flexibility index (Phi) is 7.15. The Balaban J connectivity index is 2.04. The SMILES string of the molecule is CC(C)(C)OC(=O)N[C@H](C(=O)N1CC(F)CC1C#N)C1(c2ccc(C(F)(F)F)cc2)CCCC1. The van der Waals surface area contributed by atoms with Gasteiger partial charge in [-0.15, -0.1) is 0 Å². The third-order valence-electron chi connectivity index (χ3n) is 6.43. The molecule has 10 heteroatoms. The van der Waals surface area contributed by atoms with Gasteiger partial charge in [0.25, 0.3) is 0 Å². The van der Waals surface area contributed by atoms with Crippen LogP contribution in [-0.4, -0.2) is 47.3 Å². The third-order valence-corrected chi connectivity index (χ3v) is 6.43. The van der Waals surface area contributed by atoms with Crippen LogP contribution in [0.1, 0.15) is 64.0 Å². The fourth-order valence-corrected chi connectivity index (χ4v) is 4.92. The first-order chi connectivity index (χ1) is 15.8. The van der Waals surface area contributed by atoms with Crippen LogP contribution in [0.4, 0.5) is 22.4 Å². The maximum absolute atomic E-state index is 14.1. The molecule has 0 spiro atoms. The van der Waals surface area contributed by atoms with Crippen LogP contribution in [0.5, 0.6) is 0 Å². The summed E-state index contributed by atoms with van der Waals surface area (Å²) in [7, 11) is 0. The normalized spacial score (nSPS) is 23.3. The first-order valence-electron chi connectivity index (χ1n) is 11.3. The summed E-state index contributed by atoms with van der Waals surface area (Å²) < 4.78 is 58.9. The van der Waals surface area contributed by atoms with Crippen molar-refractivity contribution in [1.82, 2.24) is 10.2 Å². The second kappa shape index (κ2) is 9.43. The molecule has 2 unspecified atom stereocenters. The lowest BCUT2D eigenvalue weighted by Crippen LogP contribution is -2.59. The second-order valence-corrected chi connectivity index (χ2v) is 9.99. The number of benzene rings is 1. The number of alkyl halides is 4. The fourth-order valence-electron chi connectivity index (χ4n) is 4.92. The average Bonchev–Trinajstić information content (AvgIpc) is 3.37. The molecule has 0 aromatic heterocycles. The zero-order chi connectivity index (χ0) is 25.3. The van der Waals surface area contributed by atoms with Crippen LogP contribution in [0.2, 0.25) is 0 Å². The molecule has 1 heterocycles. The minimum atomic E-state index is -4.52. The number of halogens is 4. The van der Waals surface area contributed by atoms with Crippen molar-refractivity contribution in [2.24, 2.45) is 0 Å². The van der Waals surface area contributed by atoms with E-state index in [1.54, 1.807) is 20.8 Å². The molecule has 1 N–H and O–H groups in total. The van der Waals surface area contributed by atoms with E-state index in [9.17, 15) is 32.4 Å². The molecule has 3 atom stereocenters. The number of hydrogen-bond acceptors (Lipinski definition) is 4. The van der Waals surface area contributed by atoms with Crippen molar-refractivity contribution in [3.05, 3.63) is 35.4 Å². The van der Waals surface area contributed by atoms with Crippen molar-refractivity contribution >= 4 is 12.0 Å². The van der Waals surface area contributed by atoms with E-state index >= 15 is 0 Å². The number of likely N-dealkylation sites (tertiary alicyclic amines) is 1. The third kappa shape index (κ3) is 5.45. The van der Waals surface area contributed by atoms with Gasteiger partial charge in [-0.3, -0.25) is 4.79 Å². The summed E-state index contributed by atoms with van der Waals surface area (Å²) >= 11 is 0. The second-order valence-electron chi connectivity index (χ2n) is 9.99. The van der Waals surface area contributed by atoms with Gasteiger partial charge in [0.1, 0.15) is 23.9 Å². The molecule has 3 rings (SSSR count). The quantitative estimate of drug-likeness (QED) is 0.620. The molecule has 0 radical (unpaired) electrons. The Hall–Kier alpha value is -2.83. The summed E-state index contributed by atoms with van der Waals surface area (Å²) in [5.41, 5.74) is -2.23. The number of nitrogens with one attached hydrogen (secondary N) is 1. The Labute approximate surface area is 196 Å². The topological polar surface area (TPSA) is 82.4 Å². The highest BCUT2D eigenvalue weighted by molar-refractivity contribution is 5.88. The Morgan fingerprint density at radius 1 is 1.18 bits per heavy atom. The first kappa shape index (κ1) is 25.8. The maximum Gasteiger partial charge on any atom is 0.416 e. The minimum absolute atomic E-state index is 0.130. The molecule has 1 saturated heterocycles. The smallest absolute Gasteiger partial charge is 0.416 e. The molecular weight excluding hydrogens is 454 g/mol. The van der Waals surface area contributed by atoms with Crippen molar-refractivity contribution < 1.29 is 31.9 Å². The van der Waals surface area contributed by atoms with Gasteiger partial charge in [0.15, 0.2) is 0 Å². The lowest BCUT2D eigenvalue weighted by Gasteiger charge is -2.40. The number of nitrogens with zero attached hydrogens (tertiary/aromatic N) is 2. The molecule has 2 fully saturated rings. The molecule has 34 heavy (non-hydrogen) atoms. The Morgan fingerprint density at radius 3 is 2.26 bits per heavy atom. The summed E-state index contributed by atoms with van der Waals surface area (Å²) in [6.45, 7) is 4.69. The fraction of sp³-hybridized carbons (Fsp3) is 0.625. The zero-order valence-corrected chi connectivity index (χ0v) is 19.4. The predicted molar refractivity (Wildman–Crippen MR) is 115 cm³/mol.